The Labute approximate surface area is 124 Å². The summed E-state index contributed by atoms with van der Waals surface area (Å²) >= 11 is 0. The fraction of sp³-hybridized carbons (Fsp3) is 0.421. The lowest BCUT2D eigenvalue weighted by atomic mass is 9.85. The summed E-state index contributed by atoms with van der Waals surface area (Å²) < 4.78 is 0. The van der Waals surface area contributed by atoms with Crippen molar-refractivity contribution in [2.45, 2.75) is 47.1 Å². The number of benzene rings is 1. The molecule has 20 heavy (non-hydrogen) atoms. The van der Waals surface area contributed by atoms with Gasteiger partial charge in [0.15, 0.2) is 0 Å². The summed E-state index contributed by atoms with van der Waals surface area (Å²) in [5, 5.41) is 0. The summed E-state index contributed by atoms with van der Waals surface area (Å²) in [6.07, 6.45) is 8.38. The molecule has 0 saturated carbocycles. The third-order valence-electron chi connectivity index (χ3n) is 2.84. The van der Waals surface area contributed by atoms with Crippen LogP contribution in [0.3, 0.4) is 0 Å². The molecule has 0 aliphatic heterocycles. The highest BCUT2D eigenvalue weighted by molar-refractivity contribution is 5.74. The van der Waals surface area contributed by atoms with Crippen molar-refractivity contribution in [2.75, 3.05) is 0 Å². The van der Waals surface area contributed by atoms with E-state index in [-0.39, 0.29) is 11.0 Å². The SMILES string of the molecule is CC(C)(C)N=C/C=C(\C=C\c1ccccc1)C(C)(C)C. The number of hydrogen-bond donors (Lipinski definition) is 0. The maximum absolute atomic E-state index is 4.53. The molecule has 1 aromatic rings. The minimum absolute atomic E-state index is 0.0252. The summed E-state index contributed by atoms with van der Waals surface area (Å²) in [5.41, 5.74) is 2.57. The standard InChI is InChI=1S/C19H27N/c1-18(2,3)17(14-15-20-19(4,5)6)13-12-16-10-8-7-9-11-16/h7-15H,1-6H3/b13-12+,17-14+,20-15?. The first kappa shape index (κ1) is 16.4. The molecule has 1 rings (SSSR count). The maximum atomic E-state index is 4.53. The molecule has 0 amide bonds. The zero-order valence-electron chi connectivity index (χ0n) is 13.6. The molecule has 0 radical (unpaired) electrons. The highest BCUT2D eigenvalue weighted by atomic mass is 14.8. The van der Waals surface area contributed by atoms with Gasteiger partial charge in [0, 0.05) is 6.21 Å². The second kappa shape index (κ2) is 6.69. The van der Waals surface area contributed by atoms with Gasteiger partial charge in [-0.05, 0) is 43.4 Å². The van der Waals surface area contributed by atoms with Crippen LogP contribution < -0.4 is 0 Å². The molecule has 1 nitrogen and oxygen atoms in total. The Morgan fingerprint density at radius 2 is 1.55 bits per heavy atom. The molecule has 0 unspecified atom stereocenters. The summed E-state index contributed by atoms with van der Waals surface area (Å²) in [5.74, 6) is 0. The van der Waals surface area contributed by atoms with Crippen molar-refractivity contribution < 1.29 is 0 Å². The quantitative estimate of drug-likeness (QED) is 0.504. The van der Waals surface area contributed by atoms with Crippen LogP contribution in [0, 0.1) is 5.41 Å². The van der Waals surface area contributed by atoms with E-state index in [9.17, 15) is 0 Å². The number of aliphatic imine (C=N–C) groups is 1. The van der Waals surface area contributed by atoms with E-state index in [0.29, 0.717) is 0 Å². The number of allylic oxidation sites excluding steroid dienone is 3. The van der Waals surface area contributed by atoms with Crippen LogP contribution in [0.1, 0.15) is 47.1 Å². The second-order valence-electron chi connectivity index (χ2n) is 7.07. The Morgan fingerprint density at radius 3 is 2.05 bits per heavy atom. The Hall–Kier alpha value is -1.63. The van der Waals surface area contributed by atoms with E-state index in [4.69, 9.17) is 0 Å². The minimum atomic E-state index is -0.0252. The smallest absolute Gasteiger partial charge is 0.0524 e. The van der Waals surface area contributed by atoms with Gasteiger partial charge in [0.2, 0.25) is 0 Å². The fourth-order valence-electron chi connectivity index (χ4n) is 1.65. The molecule has 0 fully saturated rings. The summed E-state index contributed by atoms with van der Waals surface area (Å²) in [7, 11) is 0. The van der Waals surface area contributed by atoms with Gasteiger partial charge in [-0.15, -0.1) is 0 Å². The molecule has 0 heterocycles. The molecular formula is C19H27N. The average Bonchev–Trinajstić information content (AvgIpc) is 2.32. The van der Waals surface area contributed by atoms with Crippen LogP contribution in [0.15, 0.2) is 53.0 Å². The normalized spacial score (nSPS) is 14.4. The van der Waals surface area contributed by atoms with E-state index < -0.39 is 0 Å². The van der Waals surface area contributed by atoms with Crippen LogP contribution in [0.2, 0.25) is 0 Å². The number of nitrogens with zero attached hydrogens (tertiary/aromatic N) is 1. The zero-order valence-corrected chi connectivity index (χ0v) is 13.6. The van der Waals surface area contributed by atoms with Gasteiger partial charge in [0.25, 0.3) is 0 Å². The van der Waals surface area contributed by atoms with Gasteiger partial charge >= 0.3 is 0 Å². The van der Waals surface area contributed by atoms with E-state index in [1.54, 1.807) is 0 Å². The Bertz CT molecular complexity index is 491. The van der Waals surface area contributed by atoms with E-state index in [1.807, 2.05) is 12.3 Å². The minimum Gasteiger partial charge on any atom is -0.287 e. The fourth-order valence-corrected chi connectivity index (χ4v) is 1.65. The molecule has 1 heteroatoms. The van der Waals surface area contributed by atoms with Crippen LogP contribution in [0.25, 0.3) is 6.08 Å². The van der Waals surface area contributed by atoms with Crippen molar-refractivity contribution in [1.82, 2.24) is 0 Å². The molecule has 0 saturated heterocycles. The van der Waals surface area contributed by atoms with Crippen molar-refractivity contribution >= 4 is 12.3 Å². The molecule has 0 N–H and O–H groups in total. The Balaban J connectivity index is 2.95. The second-order valence-corrected chi connectivity index (χ2v) is 7.07. The molecular weight excluding hydrogens is 242 g/mol. The monoisotopic (exact) mass is 269 g/mol. The molecule has 0 aliphatic rings. The lowest BCUT2D eigenvalue weighted by Gasteiger charge is -2.20. The van der Waals surface area contributed by atoms with Crippen LogP contribution in [0.4, 0.5) is 0 Å². The third-order valence-corrected chi connectivity index (χ3v) is 2.84. The summed E-state index contributed by atoms with van der Waals surface area (Å²) in [6.45, 7) is 13.0. The van der Waals surface area contributed by atoms with Gasteiger partial charge in [-0.3, -0.25) is 4.99 Å². The summed E-state index contributed by atoms with van der Waals surface area (Å²) in [6, 6.07) is 10.4. The lowest BCUT2D eigenvalue weighted by Crippen LogP contribution is -2.10. The molecule has 0 atom stereocenters. The highest BCUT2D eigenvalue weighted by Crippen LogP contribution is 2.26. The van der Waals surface area contributed by atoms with Crippen molar-refractivity contribution in [3.8, 4) is 0 Å². The van der Waals surface area contributed by atoms with Crippen molar-refractivity contribution in [3.63, 3.8) is 0 Å². The van der Waals surface area contributed by atoms with E-state index >= 15 is 0 Å². The molecule has 0 spiro atoms. The Kier molecular flexibility index (Phi) is 5.50. The van der Waals surface area contributed by atoms with Gasteiger partial charge in [0.1, 0.15) is 0 Å². The first-order valence-electron chi connectivity index (χ1n) is 7.18. The highest BCUT2D eigenvalue weighted by Gasteiger charge is 2.14. The lowest BCUT2D eigenvalue weighted by molar-refractivity contribution is 0.518. The Morgan fingerprint density at radius 1 is 0.950 bits per heavy atom. The van der Waals surface area contributed by atoms with E-state index in [0.717, 1.165) is 0 Å². The first-order chi connectivity index (χ1) is 9.18. The van der Waals surface area contributed by atoms with E-state index in [2.05, 4.69) is 89.0 Å². The largest absolute Gasteiger partial charge is 0.287 e. The van der Waals surface area contributed by atoms with Gasteiger partial charge in [0.05, 0.1) is 5.54 Å². The predicted octanol–water partition coefficient (Wildman–Crippen LogP) is 5.54. The topological polar surface area (TPSA) is 12.4 Å². The molecule has 108 valence electrons. The first-order valence-corrected chi connectivity index (χ1v) is 7.18. The zero-order chi connectivity index (χ0) is 15.2. The maximum Gasteiger partial charge on any atom is 0.0524 e. The molecule has 0 aliphatic carbocycles. The van der Waals surface area contributed by atoms with Crippen molar-refractivity contribution in [3.05, 3.63) is 53.6 Å². The van der Waals surface area contributed by atoms with Gasteiger partial charge in [-0.25, -0.2) is 0 Å². The van der Waals surface area contributed by atoms with Gasteiger partial charge in [-0.1, -0.05) is 63.3 Å². The van der Waals surface area contributed by atoms with Crippen LogP contribution in [-0.4, -0.2) is 11.8 Å². The van der Waals surface area contributed by atoms with E-state index in [1.165, 1.54) is 11.1 Å². The molecule has 1 aromatic carbocycles. The predicted molar refractivity (Wildman–Crippen MR) is 91.3 cm³/mol. The molecule has 0 aromatic heterocycles. The van der Waals surface area contributed by atoms with Crippen LogP contribution in [0.5, 0.6) is 0 Å². The summed E-state index contributed by atoms with van der Waals surface area (Å²) in [4.78, 5) is 4.53. The molecule has 0 bridgehead atoms. The van der Waals surface area contributed by atoms with Crippen LogP contribution in [-0.2, 0) is 0 Å². The van der Waals surface area contributed by atoms with Gasteiger partial charge in [-0.2, -0.15) is 0 Å². The number of hydrogen-bond acceptors (Lipinski definition) is 1. The third kappa shape index (κ3) is 6.51. The number of rotatable bonds is 3. The van der Waals surface area contributed by atoms with Crippen molar-refractivity contribution in [1.29, 1.82) is 0 Å². The van der Waals surface area contributed by atoms with Crippen LogP contribution >= 0.6 is 0 Å². The van der Waals surface area contributed by atoms with Crippen molar-refractivity contribution in [2.24, 2.45) is 10.4 Å². The van der Waals surface area contributed by atoms with Gasteiger partial charge < -0.3 is 0 Å². The average molecular weight is 269 g/mol.